The lowest BCUT2D eigenvalue weighted by Gasteiger charge is -2.13. The number of ether oxygens (including phenoxy) is 2. The highest BCUT2D eigenvalue weighted by Gasteiger charge is 2.30. The molecule has 158 valence electrons. The van der Waals surface area contributed by atoms with E-state index >= 15 is 0 Å². The molecule has 1 amide bonds. The topological polar surface area (TPSA) is 78.3 Å². The van der Waals surface area contributed by atoms with Crippen LogP contribution in [0.25, 0.3) is 5.82 Å². The molecule has 3 rings (SSSR count). The highest BCUT2D eigenvalue weighted by molar-refractivity contribution is 5.95. The lowest BCUT2D eigenvalue weighted by molar-refractivity contribution is -0.137. The molecule has 1 N–H and O–H groups in total. The third-order valence-corrected chi connectivity index (χ3v) is 4.47. The Hall–Kier alpha value is -3.56. The molecular weight excluding hydrogens is 401 g/mol. The number of carbonyl (C=O) groups excluding carboxylic acids is 1. The third-order valence-electron chi connectivity index (χ3n) is 4.47. The van der Waals surface area contributed by atoms with Crippen LogP contribution in [-0.4, -0.2) is 34.9 Å². The van der Waals surface area contributed by atoms with Gasteiger partial charge in [0.05, 0.1) is 37.2 Å². The van der Waals surface area contributed by atoms with Crippen molar-refractivity contribution < 1.29 is 27.4 Å². The second kappa shape index (κ2) is 8.44. The summed E-state index contributed by atoms with van der Waals surface area (Å²) in [5.41, 5.74) is 0.580. The van der Waals surface area contributed by atoms with E-state index in [4.69, 9.17) is 9.47 Å². The van der Waals surface area contributed by atoms with Crippen LogP contribution in [0.3, 0.4) is 0 Å². The Bertz CT molecular complexity index is 1050. The lowest BCUT2D eigenvalue weighted by atomic mass is 10.1. The average Bonchev–Trinajstić information content (AvgIpc) is 3.12. The molecule has 10 heteroatoms. The number of alkyl halides is 3. The zero-order valence-corrected chi connectivity index (χ0v) is 16.4. The molecule has 0 bridgehead atoms. The van der Waals surface area contributed by atoms with Gasteiger partial charge in [-0.2, -0.15) is 18.3 Å². The van der Waals surface area contributed by atoms with Gasteiger partial charge in [-0.1, -0.05) is 12.1 Å². The predicted molar refractivity (Wildman–Crippen MR) is 102 cm³/mol. The molecule has 0 aliphatic heterocycles. The lowest BCUT2D eigenvalue weighted by Crippen LogP contribution is -2.23. The maximum atomic E-state index is 12.7. The summed E-state index contributed by atoms with van der Waals surface area (Å²) in [6, 6.07) is 7.44. The maximum absolute atomic E-state index is 12.7. The van der Waals surface area contributed by atoms with Gasteiger partial charge in [0, 0.05) is 18.3 Å². The summed E-state index contributed by atoms with van der Waals surface area (Å²) >= 11 is 0. The molecular formula is C20H19F3N4O3. The van der Waals surface area contributed by atoms with Crippen LogP contribution in [0.1, 0.15) is 27.2 Å². The van der Waals surface area contributed by atoms with E-state index in [-0.39, 0.29) is 17.9 Å². The van der Waals surface area contributed by atoms with Crippen LogP contribution in [0, 0.1) is 6.92 Å². The number of nitrogens with zero attached hydrogens (tertiary/aromatic N) is 3. The molecule has 0 aliphatic carbocycles. The fourth-order valence-electron chi connectivity index (χ4n) is 2.91. The molecule has 0 saturated carbocycles. The smallest absolute Gasteiger partial charge is 0.417 e. The Morgan fingerprint density at radius 1 is 1.13 bits per heavy atom. The van der Waals surface area contributed by atoms with Crippen molar-refractivity contribution in [1.29, 1.82) is 0 Å². The van der Waals surface area contributed by atoms with E-state index in [9.17, 15) is 18.0 Å². The first kappa shape index (κ1) is 21.2. The Labute approximate surface area is 170 Å². The van der Waals surface area contributed by atoms with Crippen LogP contribution >= 0.6 is 0 Å². The third kappa shape index (κ3) is 4.22. The minimum absolute atomic E-state index is 0.175. The van der Waals surface area contributed by atoms with Crippen molar-refractivity contribution in [1.82, 2.24) is 20.1 Å². The molecule has 0 atom stereocenters. The number of aromatic nitrogens is 3. The number of benzene rings is 1. The number of pyridine rings is 1. The monoisotopic (exact) mass is 420 g/mol. The minimum Gasteiger partial charge on any atom is -0.493 e. The first-order valence-electron chi connectivity index (χ1n) is 8.82. The van der Waals surface area contributed by atoms with E-state index in [0.717, 1.165) is 17.8 Å². The Morgan fingerprint density at radius 3 is 2.50 bits per heavy atom. The fraction of sp³-hybridized carbons (Fsp3) is 0.250. The molecule has 7 nitrogen and oxygen atoms in total. The average molecular weight is 420 g/mol. The molecule has 0 spiro atoms. The van der Waals surface area contributed by atoms with Gasteiger partial charge in [-0.05, 0) is 25.1 Å². The minimum atomic E-state index is -4.48. The van der Waals surface area contributed by atoms with Crippen molar-refractivity contribution in [3.8, 4) is 17.3 Å². The van der Waals surface area contributed by atoms with Crippen molar-refractivity contribution in [3.63, 3.8) is 0 Å². The van der Waals surface area contributed by atoms with Gasteiger partial charge in [-0.3, -0.25) is 4.79 Å². The van der Waals surface area contributed by atoms with Crippen LogP contribution in [0.2, 0.25) is 0 Å². The summed E-state index contributed by atoms with van der Waals surface area (Å²) < 4.78 is 50.0. The van der Waals surface area contributed by atoms with Gasteiger partial charge >= 0.3 is 6.18 Å². The first-order chi connectivity index (χ1) is 14.3. The second-order valence-electron chi connectivity index (χ2n) is 6.29. The molecule has 0 radical (unpaired) electrons. The number of carbonyl (C=O) groups is 1. The molecule has 30 heavy (non-hydrogen) atoms. The molecule has 2 heterocycles. The van der Waals surface area contributed by atoms with Gasteiger partial charge in [0.1, 0.15) is 0 Å². The highest BCUT2D eigenvalue weighted by Crippen LogP contribution is 2.31. The predicted octanol–water partition coefficient (Wildman–Crippen LogP) is 3.54. The summed E-state index contributed by atoms with van der Waals surface area (Å²) in [7, 11) is 3.03. The standard InChI is InChI=1S/C20H19F3N4O3/c1-12-15(11-26-27(12)17-8-7-14(10-24-17)20(21,22)23)19(28)25-9-13-5-4-6-16(29-2)18(13)30-3/h4-8,10-11H,9H2,1-3H3,(H,25,28). The molecule has 0 saturated heterocycles. The van der Waals surface area contributed by atoms with E-state index in [1.165, 1.54) is 31.2 Å². The first-order valence-corrected chi connectivity index (χ1v) is 8.82. The van der Waals surface area contributed by atoms with Crippen LogP contribution < -0.4 is 14.8 Å². The summed E-state index contributed by atoms with van der Waals surface area (Å²) in [6.07, 6.45) is -2.41. The SMILES string of the molecule is COc1cccc(CNC(=O)c2cnn(-c3ccc(C(F)(F)F)cn3)c2C)c1OC. The molecule has 0 unspecified atom stereocenters. The van der Waals surface area contributed by atoms with Crippen molar-refractivity contribution in [2.75, 3.05) is 14.2 Å². The van der Waals surface area contributed by atoms with Crippen molar-refractivity contribution in [3.05, 3.63) is 65.1 Å². The number of halogens is 3. The van der Waals surface area contributed by atoms with Gasteiger partial charge in [-0.25, -0.2) is 9.67 Å². The van der Waals surface area contributed by atoms with E-state index in [0.29, 0.717) is 17.2 Å². The number of methoxy groups -OCH3 is 2. The quantitative estimate of drug-likeness (QED) is 0.660. The zero-order chi connectivity index (χ0) is 21.9. The Balaban J connectivity index is 1.77. The number of hydrogen-bond acceptors (Lipinski definition) is 5. The number of para-hydroxylation sites is 1. The number of amides is 1. The second-order valence-corrected chi connectivity index (χ2v) is 6.29. The molecule has 1 aromatic carbocycles. The summed E-state index contributed by atoms with van der Waals surface area (Å²) in [5.74, 6) is 0.841. The zero-order valence-electron chi connectivity index (χ0n) is 16.4. The summed E-state index contributed by atoms with van der Waals surface area (Å²) in [6.45, 7) is 1.82. The van der Waals surface area contributed by atoms with Crippen molar-refractivity contribution >= 4 is 5.91 Å². The van der Waals surface area contributed by atoms with Crippen LogP contribution in [-0.2, 0) is 12.7 Å². The molecule has 3 aromatic rings. The van der Waals surface area contributed by atoms with Crippen LogP contribution in [0.4, 0.5) is 13.2 Å². The normalized spacial score (nSPS) is 11.3. The van der Waals surface area contributed by atoms with Gasteiger partial charge < -0.3 is 14.8 Å². The van der Waals surface area contributed by atoms with Crippen LogP contribution in [0.15, 0.2) is 42.7 Å². The molecule has 0 aliphatic rings. The fourth-order valence-corrected chi connectivity index (χ4v) is 2.91. The number of rotatable bonds is 6. The van der Waals surface area contributed by atoms with Crippen LogP contribution in [0.5, 0.6) is 11.5 Å². The van der Waals surface area contributed by atoms with E-state index in [2.05, 4.69) is 15.4 Å². The Morgan fingerprint density at radius 2 is 1.90 bits per heavy atom. The van der Waals surface area contributed by atoms with E-state index in [1.807, 2.05) is 0 Å². The van der Waals surface area contributed by atoms with Gasteiger partial charge in [0.15, 0.2) is 17.3 Å². The van der Waals surface area contributed by atoms with Crippen molar-refractivity contribution in [2.24, 2.45) is 0 Å². The molecule has 0 fully saturated rings. The number of nitrogens with one attached hydrogen (secondary N) is 1. The molecule has 2 aromatic heterocycles. The van der Waals surface area contributed by atoms with Gasteiger partial charge in [0.25, 0.3) is 5.91 Å². The van der Waals surface area contributed by atoms with E-state index in [1.54, 1.807) is 25.1 Å². The Kier molecular flexibility index (Phi) is 5.95. The summed E-state index contributed by atoms with van der Waals surface area (Å²) in [5, 5.41) is 6.86. The summed E-state index contributed by atoms with van der Waals surface area (Å²) in [4.78, 5) is 16.4. The van der Waals surface area contributed by atoms with Crippen molar-refractivity contribution in [2.45, 2.75) is 19.6 Å². The van der Waals surface area contributed by atoms with Gasteiger partial charge in [0.2, 0.25) is 0 Å². The van der Waals surface area contributed by atoms with E-state index < -0.39 is 17.6 Å². The maximum Gasteiger partial charge on any atom is 0.417 e. The largest absolute Gasteiger partial charge is 0.493 e. The number of hydrogen-bond donors (Lipinski definition) is 1. The highest BCUT2D eigenvalue weighted by atomic mass is 19.4. The van der Waals surface area contributed by atoms with Gasteiger partial charge in [-0.15, -0.1) is 0 Å².